The number of rotatable bonds is 5. The molecule has 0 aliphatic carbocycles. The third-order valence-corrected chi connectivity index (χ3v) is 4.43. The van der Waals surface area contributed by atoms with E-state index in [1.54, 1.807) is 30.6 Å². The minimum absolute atomic E-state index is 0.0881. The Balaban J connectivity index is 1.60. The number of carbonyl (C=O) groups is 1. The molecule has 5 heteroatoms. The Labute approximate surface area is 156 Å². The van der Waals surface area contributed by atoms with Gasteiger partial charge in [0.1, 0.15) is 5.82 Å². The van der Waals surface area contributed by atoms with E-state index in [9.17, 15) is 9.18 Å². The van der Waals surface area contributed by atoms with Crippen LogP contribution in [0.4, 0.5) is 10.1 Å². The standard InChI is InChI=1S/C22H18FN3O/c23-18-5-3-4-16(12-18)14-26-15-17(20-6-1-2-7-21(20)26)13-22(27)25-19-8-10-24-11-9-19/h1-12,15H,13-14H2,(H,24,25,27). The van der Waals surface area contributed by atoms with Gasteiger partial charge in [-0.25, -0.2) is 4.39 Å². The Hall–Kier alpha value is -3.47. The maximum atomic E-state index is 13.5. The normalized spacial score (nSPS) is 10.9. The number of pyridine rings is 1. The number of carbonyl (C=O) groups excluding carboxylic acids is 1. The lowest BCUT2D eigenvalue weighted by Crippen LogP contribution is -2.14. The van der Waals surface area contributed by atoms with Gasteiger partial charge in [0.15, 0.2) is 0 Å². The Kier molecular flexibility index (Phi) is 4.66. The van der Waals surface area contributed by atoms with E-state index in [0.29, 0.717) is 6.54 Å². The van der Waals surface area contributed by atoms with Crippen LogP contribution in [0.5, 0.6) is 0 Å². The molecule has 0 saturated heterocycles. The summed E-state index contributed by atoms with van der Waals surface area (Å²) in [5.74, 6) is -0.337. The highest BCUT2D eigenvalue weighted by atomic mass is 19.1. The maximum Gasteiger partial charge on any atom is 0.228 e. The summed E-state index contributed by atoms with van der Waals surface area (Å²) in [4.78, 5) is 16.4. The van der Waals surface area contributed by atoms with Crippen molar-refractivity contribution in [3.63, 3.8) is 0 Å². The Morgan fingerprint density at radius 2 is 1.85 bits per heavy atom. The predicted octanol–water partition coefficient (Wildman–Crippen LogP) is 4.40. The highest BCUT2D eigenvalue weighted by Gasteiger charge is 2.12. The molecular formula is C22H18FN3O. The number of halogens is 1. The largest absolute Gasteiger partial charge is 0.343 e. The molecule has 134 valence electrons. The Morgan fingerprint density at radius 3 is 2.67 bits per heavy atom. The van der Waals surface area contributed by atoms with Crippen LogP contribution in [-0.2, 0) is 17.8 Å². The minimum atomic E-state index is -0.249. The first-order valence-electron chi connectivity index (χ1n) is 8.70. The van der Waals surface area contributed by atoms with Crippen LogP contribution in [0.25, 0.3) is 10.9 Å². The molecule has 4 rings (SSSR count). The van der Waals surface area contributed by atoms with Gasteiger partial charge < -0.3 is 9.88 Å². The molecule has 27 heavy (non-hydrogen) atoms. The molecular weight excluding hydrogens is 341 g/mol. The second kappa shape index (κ2) is 7.41. The van der Waals surface area contributed by atoms with Gasteiger partial charge in [-0.1, -0.05) is 30.3 Å². The lowest BCUT2D eigenvalue weighted by atomic mass is 10.1. The van der Waals surface area contributed by atoms with Crippen LogP contribution in [0.2, 0.25) is 0 Å². The second-order valence-corrected chi connectivity index (χ2v) is 6.39. The Morgan fingerprint density at radius 1 is 1.04 bits per heavy atom. The van der Waals surface area contributed by atoms with E-state index in [0.717, 1.165) is 27.7 Å². The third kappa shape index (κ3) is 3.87. The molecule has 0 unspecified atom stereocenters. The molecule has 0 aliphatic rings. The van der Waals surface area contributed by atoms with Gasteiger partial charge in [0.25, 0.3) is 0 Å². The second-order valence-electron chi connectivity index (χ2n) is 6.39. The molecule has 1 amide bonds. The van der Waals surface area contributed by atoms with Crippen LogP contribution < -0.4 is 5.32 Å². The van der Waals surface area contributed by atoms with E-state index in [4.69, 9.17) is 0 Å². The summed E-state index contributed by atoms with van der Waals surface area (Å²) >= 11 is 0. The molecule has 1 N–H and O–H groups in total. The van der Waals surface area contributed by atoms with Crippen LogP contribution in [0, 0.1) is 5.82 Å². The number of nitrogens with zero attached hydrogens (tertiary/aromatic N) is 2. The van der Waals surface area contributed by atoms with Crippen molar-refractivity contribution in [3.8, 4) is 0 Å². The fourth-order valence-corrected chi connectivity index (χ4v) is 3.24. The highest BCUT2D eigenvalue weighted by molar-refractivity contribution is 5.95. The predicted molar refractivity (Wildman–Crippen MR) is 104 cm³/mol. The van der Waals surface area contributed by atoms with Gasteiger partial charge in [-0.2, -0.15) is 0 Å². The fraction of sp³-hybridized carbons (Fsp3) is 0.0909. The molecule has 0 bridgehead atoms. The van der Waals surface area contributed by atoms with Crippen molar-refractivity contribution >= 4 is 22.5 Å². The zero-order chi connectivity index (χ0) is 18.6. The summed E-state index contributed by atoms with van der Waals surface area (Å²) in [5.41, 5.74) is 3.56. The lowest BCUT2D eigenvalue weighted by molar-refractivity contribution is -0.115. The van der Waals surface area contributed by atoms with Gasteiger partial charge in [-0.3, -0.25) is 9.78 Å². The molecule has 4 aromatic rings. The molecule has 2 heterocycles. The van der Waals surface area contributed by atoms with Crippen molar-refractivity contribution in [3.05, 3.63) is 96.2 Å². The van der Waals surface area contributed by atoms with Crippen molar-refractivity contribution in [2.75, 3.05) is 5.32 Å². The summed E-state index contributed by atoms with van der Waals surface area (Å²) in [5, 5.41) is 3.91. The molecule has 0 spiro atoms. The quantitative estimate of drug-likeness (QED) is 0.574. The molecule has 0 saturated carbocycles. The monoisotopic (exact) mass is 359 g/mol. The number of nitrogens with one attached hydrogen (secondary N) is 1. The minimum Gasteiger partial charge on any atom is -0.343 e. The van der Waals surface area contributed by atoms with Crippen molar-refractivity contribution < 1.29 is 9.18 Å². The summed E-state index contributed by atoms with van der Waals surface area (Å²) in [7, 11) is 0. The van der Waals surface area contributed by atoms with Gasteiger partial charge in [0.2, 0.25) is 5.91 Å². The number of hydrogen-bond donors (Lipinski definition) is 1. The van der Waals surface area contributed by atoms with Crippen molar-refractivity contribution in [2.24, 2.45) is 0 Å². The first-order valence-corrected chi connectivity index (χ1v) is 8.70. The van der Waals surface area contributed by atoms with E-state index >= 15 is 0 Å². The van der Waals surface area contributed by atoms with Crippen LogP contribution in [-0.4, -0.2) is 15.5 Å². The fourth-order valence-electron chi connectivity index (χ4n) is 3.24. The average molecular weight is 359 g/mol. The van der Waals surface area contributed by atoms with Crippen LogP contribution in [0.1, 0.15) is 11.1 Å². The molecule has 0 fully saturated rings. The molecule has 2 aromatic heterocycles. The number of benzene rings is 2. The average Bonchev–Trinajstić information content (AvgIpc) is 3.00. The van der Waals surface area contributed by atoms with E-state index in [-0.39, 0.29) is 18.1 Å². The number of fused-ring (bicyclic) bond motifs is 1. The number of aromatic nitrogens is 2. The number of anilines is 1. The van der Waals surface area contributed by atoms with Crippen LogP contribution >= 0.6 is 0 Å². The molecule has 2 aromatic carbocycles. The highest BCUT2D eigenvalue weighted by Crippen LogP contribution is 2.23. The summed E-state index contributed by atoms with van der Waals surface area (Å²) in [6, 6.07) is 18.0. The first kappa shape index (κ1) is 17.0. The van der Waals surface area contributed by atoms with Crippen LogP contribution in [0.15, 0.2) is 79.3 Å². The van der Waals surface area contributed by atoms with Crippen LogP contribution in [0.3, 0.4) is 0 Å². The topological polar surface area (TPSA) is 46.9 Å². The molecule has 4 nitrogen and oxygen atoms in total. The third-order valence-electron chi connectivity index (χ3n) is 4.43. The van der Waals surface area contributed by atoms with Gasteiger partial charge in [-0.15, -0.1) is 0 Å². The number of para-hydroxylation sites is 1. The van der Waals surface area contributed by atoms with Gasteiger partial charge in [0.05, 0.1) is 6.42 Å². The SMILES string of the molecule is O=C(Cc1cn(Cc2cccc(F)c2)c2ccccc12)Nc1ccncc1. The Bertz CT molecular complexity index is 1090. The van der Waals surface area contributed by atoms with Crippen molar-refractivity contribution in [1.29, 1.82) is 0 Å². The van der Waals surface area contributed by atoms with E-state index < -0.39 is 0 Å². The maximum absolute atomic E-state index is 13.5. The van der Waals surface area contributed by atoms with Gasteiger partial charge >= 0.3 is 0 Å². The van der Waals surface area contributed by atoms with Gasteiger partial charge in [0, 0.05) is 41.7 Å². The van der Waals surface area contributed by atoms with Crippen molar-refractivity contribution in [1.82, 2.24) is 9.55 Å². The summed E-state index contributed by atoms with van der Waals surface area (Å²) in [6.45, 7) is 0.546. The molecule has 0 atom stereocenters. The number of hydrogen-bond acceptors (Lipinski definition) is 2. The van der Waals surface area contributed by atoms with E-state index in [1.807, 2.05) is 36.5 Å². The van der Waals surface area contributed by atoms with E-state index in [1.165, 1.54) is 12.1 Å². The van der Waals surface area contributed by atoms with Crippen molar-refractivity contribution in [2.45, 2.75) is 13.0 Å². The van der Waals surface area contributed by atoms with Gasteiger partial charge in [-0.05, 0) is 41.5 Å². The molecule has 0 radical (unpaired) electrons. The summed E-state index contributed by atoms with van der Waals surface area (Å²) < 4.78 is 15.6. The summed E-state index contributed by atoms with van der Waals surface area (Å²) in [6.07, 6.45) is 5.52. The zero-order valence-electron chi connectivity index (χ0n) is 14.6. The zero-order valence-corrected chi connectivity index (χ0v) is 14.6. The first-order chi connectivity index (χ1) is 13.2. The van der Waals surface area contributed by atoms with E-state index in [2.05, 4.69) is 14.9 Å². The smallest absolute Gasteiger partial charge is 0.228 e. The lowest BCUT2D eigenvalue weighted by Gasteiger charge is -2.05. The number of amides is 1. The molecule has 0 aliphatic heterocycles.